The van der Waals surface area contributed by atoms with Gasteiger partial charge < -0.3 is 29.8 Å². The molecule has 12 nitrogen and oxygen atoms in total. The van der Waals surface area contributed by atoms with Crippen LogP contribution in [-0.2, 0) is 28.8 Å². The molecule has 0 spiro atoms. The molecule has 216 valence electrons. The van der Waals surface area contributed by atoms with Crippen LogP contribution >= 0.6 is 0 Å². The van der Waals surface area contributed by atoms with Gasteiger partial charge in [0.1, 0.15) is 13.1 Å². The highest BCUT2D eigenvalue weighted by atomic mass is 16.4. The summed E-state index contributed by atoms with van der Waals surface area (Å²) in [7, 11) is 0. The zero-order chi connectivity index (χ0) is 29.5. The van der Waals surface area contributed by atoms with Gasteiger partial charge in [-0.3, -0.25) is 28.8 Å². The molecular weight excluding hydrogens is 532 g/mol. The summed E-state index contributed by atoms with van der Waals surface area (Å²) in [5.41, 5.74) is 2.24. The lowest BCUT2D eigenvalue weighted by Gasteiger charge is -2.34. The molecule has 2 aromatic rings. The summed E-state index contributed by atoms with van der Waals surface area (Å²) in [6.45, 7) is -0.0259. The maximum atomic E-state index is 12.1. The van der Waals surface area contributed by atoms with Crippen LogP contribution in [0.2, 0.25) is 0 Å². The number of aliphatic carboxylic acids is 2. The molecule has 0 radical (unpaired) electrons. The molecule has 2 heterocycles. The van der Waals surface area contributed by atoms with Crippen LogP contribution in [0.5, 0.6) is 0 Å². The van der Waals surface area contributed by atoms with Gasteiger partial charge in [-0.05, 0) is 30.7 Å². The van der Waals surface area contributed by atoms with Gasteiger partial charge in [-0.25, -0.2) is 0 Å². The first kappa shape index (κ1) is 29.2. The Hall–Kier alpha value is -4.74. The number of piperidine rings is 2. The zero-order valence-corrected chi connectivity index (χ0v) is 22.5. The normalized spacial score (nSPS) is 15.7. The van der Waals surface area contributed by atoms with Crippen molar-refractivity contribution >= 4 is 57.8 Å². The molecule has 12 heteroatoms. The molecule has 2 N–H and O–H groups in total. The predicted octanol–water partition coefficient (Wildman–Crippen LogP) is 1.26. The molecular formula is C29H32N4O8. The van der Waals surface area contributed by atoms with Crippen molar-refractivity contribution < 1.29 is 39.0 Å². The van der Waals surface area contributed by atoms with E-state index in [4.69, 9.17) is 0 Å². The number of anilines is 4. The fourth-order valence-electron chi connectivity index (χ4n) is 5.31. The summed E-state index contributed by atoms with van der Waals surface area (Å²) < 4.78 is 0. The second kappa shape index (κ2) is 13.1. The summed E-state index contributed by atoms with van der Waals surface area (Å²) in [6, 6.07) is 13.9. The van der Waals surface area contributed by atoms with E-state index in [1.165, 1.54) is 0 Å². The molecule has 0 bridgehead atoms. The molecule has 0 unspecified atom stereocenters. The standard InChI is InChI=1S/C29H32N4O8/c34-20-12-21(35)15-32(14-20)26-8-3-1-6-24(26)30(18-28(38)39)10-5-11-31(19-29(40)41)25-7-2-4-9-27(25)33-16-22(36)13-23(37)17-33/h1-4,6-9H,5,10-19H2,(H,38,39)(H,40,41). The Bertz CT molecular complexity index is 1230. The van der Waals surface area contributed by atoms with Gasteiger partial charge in [0.15, 0.2) is 23.1 Å². The lowest BCUT2D eigenvalue weighted by molar-refractivity contribution is -0.136. The molecule has 4 rings (SSSR count). The van der Waals surface area contributed by atoms with E-state index >= 15 is 0 Å². The number of benzene rings is 2. The van der Waals surface area contributed by atoms with Crippen LogP contribution in [0.1, 0.15) is 19.3 Å². The Kier molecular flexibility index (Phi) is 9.33. The van der Waals surface area contributed by atoms with E-state index < -0.39 is 11.9 Å². The Labute approximate surface area is 236 Å². The minimum atomic E-state index is -1.07. The van der Waals surface area contributed by atoms with E-state index in [9.17, 15) is 39.0 Å². The van der Waals surface area contributed by atoms with Crippen molar-refractivity contribution in [2.24, 2.45) is 0 Å². The molecule has 0 amide bonds. The third-order valence-corrected chi connectivity index (χ3v) is 6.89. The summed E-state index contributed by atoms with van der Waals surface area (Å²) in [4.78, 5) is 78.6. The molecule has 2 aliphatic heterocycles. The van der Waals surface area contributed by atoms with Crippen molar-refractivity contribution in [2.45, 2.75) is 19.3 Å². The lowest BCUT2D eigenvalue weighted by atomic mass is 10.1. The van der Waals surface area contributed by atoms with Crippen molar-refractivity contribution in [3.8, 4) is 0 Å². The fraction of sp³-hybridized carbons (Fsp3) is 0.379. The highest BCUT2D eigenvalue weighted by Crippen LogP contribution is 2.32. The molecule has 0 aromatic heterocycles. The van der Waals surface area contributed by atoms with Crippen LogP contribution in [0.3, 0.4) is 0 Å². The number of ketones is 4. The highest BCUT2D eigenvalue weighted by molar-refractivity contribution is 6.07. The molecule has 0 saturated carbocycles. The van der Waals surface area contributed by atoms with E-state index in [-0.39, 0.29) is 88.3 Å². The maximum absolute atomic E-state index is 12.1. The largest absolute Gasteiger partial charge is 0.480 e. The number of Topliss-reactive ketones (excluding diaryl/α,β-unsaturated/α-hetero) is 4. The van der Waals surface area contributed by atoms with Gasteiger partial charge in [0, 0.05) is 13.1 Å². The SMILES string of the molecule is O=C(O)CN(CCCN(CC(=O)O)c1ccccc1N1CC(=O)CC(=O)C1)c1ccccc1N1CC(=O)CC(=O)C1. The van der Waals surface area contributed by atoms with Crippen LogP contribution in [0.15, 0.2) is 48.5 Å². The van der Waals surface area contributed by atoms with Crippen molar-refractivity contribution in [1.82, 2.24) is 0 Å². The number of hydrogen-bond donors (Lipinski definition) is 2. The van der Waals surface area contributed by atoms with Gasteiger partial charge in [0.2, 0.25) is 0 Å². The first-order valence-electron chi connectivity index (χ1n) is 13.3. The number of hydrogen-bond acceptors (Lipinski definition) is 10. The molecule has 2 saturated heterocycles. The van der Waals surface area contributed by atoms with Crippen LogP contribution in [-0.4, -0.2) is 97.6 Å². The average Bonchev–Trinajstić information content (AvgIpc) is 2.90. The molecule has 41 heavy (non-hydrogen) atoms. The number of rotatable bonds is 12. The topological polar surface area (TPSA) is 156 Å². The Balaban J connectivity index is 1.56. The maximum Gasteiger partial charge on any atom is 0.323 e. The number of nitrogens with zero attached hydrogens (tertiary/aromatic N) is 4. The third-order valence-electron chi connectivity index (χ3n) is 6.89. The van der Waals surface area contributed by atoms with Crippen molar-refractivity contribution in [3.05, 3.63) is 48.5 Å². The van der Waals surface area contributed by atoms with Crippen LogP contribution in [0.25, 0.3) is 0 Å². The number of carboxylic acids is 2. The molecule has 2 aliphatic rings. The van der Waals surface area contributed by atoms with Gasteiger partial charge >= 0.3 is 11.9 Å². The monoisotopic (exact) mass is 564 g/mol. The summed E-state index contributed by atoms with van der Waals surface area (Å²) in [6.07, 6.45) is 0.134. The second-order valence-corrected chi connectivity index (χ2v) is 10.2. The van der Waals surface area contributed by atoms with Crippen LogP contribution in [0.4, 0.5) is 22.7 Å². The number of carbonyl (C=O) groups excluding carboxylic acids is 4. The molecule has 2 aromatic carbocycles. The summed E-state index contributed by atoms with van der Waals surface area (Å²) in [5, 5.41) is 19.3. The minimum absolute atomic E-state index is 0.0499. The summed E-state index contributed by atoms with van der Waals surface area (Å²) >= 11 is 0. The van der Waals surface area contributed by atoms with Gasteiger partial charge in [-0.1, -0.05) is 24.3 Å². The Morgan fingerprint density at radius 3 is 1.29 bits per heavy atom. The van der Waals surface area contributed by atoms with E-state index in [2.05, 4.69) is 0 Å². The quantitative estimate of drug-likeness (QED) is 0.356. The highest BCUT2D eigenvalue weighted by Gasteiger charge is 2.28. The summed E-state index contributed by atoms with van der Waals surface area (Å²) in [5.74, 6) is -2.97. The van der Waals surface area contributed by atoms with Crippen molar-refractivity contribution in [3.63, 3.8) is 0 Å². The first-order valence-corrected chi connectivity index (χ1v) is 13.3. The molecule has 2 fully saturated rings. The van der Waals surface area contributed by atoms with Crippen LogP contribution < -0.4 is 19.6 Å². The molecule has 0 atom stereocenters. The average molecular weight is 565 g/mol. The zero-order valence-electron chi connectivity index (χ0n) is 22.5. The first-order chi connectivity index (χ1) is 19.6. The van der Waals surface area contributed by atoms with Gasteiger partial charge in [-0.2, -0.15) is 0 Å². The van der Waals surface area contributed by atoms with Crippen molar-refractivity contribution in [2.75, 3.05) is 72.0 Å². The minimum Gasteiger partial charge on any atom is -0.480 e. The smallest absolute Gasteiger partial charge is 0.323 e. The van der Waals surface area contributed by atoms with E-state index in [1.807, 2.05) is 0 Å². The van der Waals surface area contributed by atoms with Crippen molar-refractivity contribution in [1.29, 1.82) is 0 Å². The number of para-hydroxylation sites is 4. The number of carboxylic acid groups (broad SMARTS) is 2. The predicted molar refractivity (Wildman–Crippen MR) is 151 cm³/mol. The third kappa shape index (κ3) is 7.68. The Morgan fingerprint density at radius 2 is 0.951 bits per heavy atom. The lowest BCUT2D eigenvalue weighted by Crippen LogP contribution is -2.43. The van der Waals surface area contributed by atoms with Gasteiger partial charge in [-0.15, -0.1) is 0 Å². The van der Waals surface area contributed by atoms with Gasteiger partial charge in [0.05, 0.1) is 61.8 Å². The van der Waals surface area contributed by atoms with Crippen LogP contribution in [0, 0.1) is 0 Å². The second-order valence-electron chi connectivity index (χ2n) is 10.2. The van der Waals surface area contributed by atoms with E-state index in [0.717, 1.165) is 0 Å². The van der Waals surface area contributed by atoms with E-state index in [0.29, 0.717) is 29.2 Å². The van der Waals surface area contributed by atoms with E-state index in [1.54, 1.807) is 68.1 Å². The fourth-order valence-corrected chi connectivity index (χ4v) is 5.31. The van der Waals surface area contributed by atoms with Gasteiger partial charge in [0.25, 0.3) is 0 Å². The molecule has 0 aliphatic carbocycles. The Morgan fingerprint density at radius 1 is 0.610 bits per heavy atom. The number of carbonyl (C=O) groups is 6.